The molecule has 90 valence electrons. The van der Waals surface area contributed by atoms with Gasteiger partial charge in [0.15, 0.2) is 0 Å². The third-order valence-corrected chi connectivity index (χ3v) is 4.35. The van der Waals surface area contributed by atoms with Gasteiger partial charge in [0.2, 0.25) is 0 Å². The van der Waals surface area contributed by atoms with Crippen LogP contribution in [0.1, 0.15) is 38.0 Å². The largest absolute Gasteiger partial charge is 0.481 e. The molecule has 0 bridgehead atoms. The van der Waals surface area contributed by atoms with E-state index in [1.807, 2.05) is 31.4 Å². The first kappa shape index (κ1) is 13.2. The van der Waals surface area contributed by atoms with Crippen LogP contribution in [-0.4, -0.2) is 17.1 Å². The lowest BCUT2D eigenvalue weighted by Crippen LogP contribution is -2.45. The minimum Gasteiger partial charge on any atom is -0.481 e. The van der Waals surface area contributed by atoms with Crippen LogP contribution < -0.4 is 5.73 Å². The van der Waals surface area contributed by atoms with Crippen molar-refractivity contribution < 1.29 is 9.90 Å². The number of rotatable bonds is 6. The smallest absolute Gasteiger partial charge is 0.304 e. The lowest BCUT2D eigenvalue weighted by molar-refractivity contribution is -0.138. The highest BCUT2D eigenvalue weighted by Crippen LogP contribution is 2.38. The van der Waals surface area contributed by atoms with E-state index in [0.717, 1.165) is 17.7 Å². The summed E-state index contributed by atoms with van der Waals surface area (Å²) >= 11 is 1.60. The number of carboxylic acid groups (broad SMARTS) is 1. The van der Waals surface area contributed by atoms with Gasteiger partial charge in [0.1, 0.15) is 0 Å². The highest BCUT2D eigenvalue weighted by atomic mass is 32.1. The van der Waals surface area contributed by atoms with Crippen LogP contribution in [-0.2, 0) is 10.2 Å². The molecule has 0 saturated carbocycles. The highest BCUT2D eigenvalue weighted by Gasteiger charge is 2.39. The number of hydrogen-bond acceptors (Lipinski definition) is 3. The molecule has 1 aromatic rings. The van der Waals surface area contributed by atoms with Crippen LogP contribution in [0.15, 0.2) is 17.5 Å². The molecule has 0 aliphatic rings. The van der Waals surface area contributed by atoms with Gasteiger partial charge in [0.05, 0.1) is 6.42 Å². The number of hydrogen-bond donors (Lipinski definition) is 2. The van der Waals surface area contributed by atoms with Crippen molar-refractivity contribution in [2.24, 2.45) is 5.73 Å². The fourth-order valence-electron chi connectivity index (χ4n) is 2.18. The molecule has 1 rings (SSSR count). The Morgan fingerprint density at radius 3 is 2.69 bits per heavy atom. The van der Waals surface area contributed by atoms with Gasteiger partial charge in [0.25, 0.3) is 0 Å². The lowest BCUT2D eigenvalue weighted by Gasteiger charge is -2.36. The minimum atomic E-state index is -0.779. The van der Waals surface area contributed by atoms with Crippen molar-refractivity contribution in [3.05, 3.63) is 22.4 Å². The normalized spacial score (nSPS) is 16.7. The van der Waals surface area contributed by atoms with E-state index in [0.29, 0.717) is 0 Å². The Labute approximate surface area is 100 Å². The molecule has 0 aliphatic heterocycles. The van der Waals surface area contributed by atoms with E-state index in [1.54, 1.807) is 11.3 Å². The molecular weight excluding hydrogens is 222 g/mol. The van der Waals surface area contributed by atoms with Crippen LogP contribution in [0.5, 0.6) is 0 Å². The van der Waals surface area contributed by atoms with Crippen LogP contribution in [0.3, 0.4) is 0 Å². The summed E-state index contributed by atoms with van der Waals surface area (Å²) in [7, 11) is 0. The molecule has 3 N–H and O–H groups in total. The molecule has 0 amide bonds. The van der Waals surface area contributed by atoms with Crippen LogP contribution in [0.2, 0.25) is 0 Å². The quantitative estimate of drug-likeness (QED) is 0.804. The molecule has 0 fully saturated rings. The first-order valence-corrected chi connectivity index (χ1v) is 6.46. The van der Waals surface area contributed by atoms with Crippen molar-refractivity contribution in [1.29, 1.82) is 0 Å². The summed E-state index contributed by atoms with van der Waals surface area (Å²) in [6.07, 6.45) is 1.66. The van der Waals surface area contributed by atoms with Gasteiger partial charge in [-0.3, -0.25) is 4.79 Å². The van der Waals surface area contributed by atoms with Crippen molar-refractivity contribution >= 4 is 17.3 Å². The molecule has 3 nitrogen and oxygen atoms in total. The molecule has 0 aromatic carbocycles. The van der Waals surface area contributed by atoms with Crippen LogP contribution in [0.25, 0.3) is 0 Å². The molecule has 0 saturated heterocycles. The molecule has 16 heavy (non-hydrogen) atoms. The summed E-state index contributed by atoms with van der Waals surface area (Å²) in [5.74, 6) is -0.779. The summed E-state index contributed by atoms with van der Waals surface area (Å²) in [5.41, 5.74) is 5.74. The van der Waals surface area contributed by atoms with Gasteiger partial charge >= 0.3 is 5.97 Å². The molecule has 0 radical (unpaired) electrons. The summed E-state index contributed by atoms with van der Waals surface area (Å²) < 4.78 is 0. The molecule has 2 unspecified atom stereocenters. The van der Waals surface area contributed by atoms with Crippen LogP contribution in [0, 0.1) is 0 Å². The van der Waals surface area contributed by atoms with Crippen molar-refractivity contribution in [2.45, 2.75) is 44.6 Å². The van der Waals surface area contributed by atoms with E-state index in [9.17, 15) is 4.79 Å². The molecule has 0 aliphatic carbocycles. The number of aliphatic carboxylic acids is 1. The van der Waals surface area contributed by atoms with Crippen LogP contribution >= 0.6 is 11.3 Å². The first-order valence-electron chi connectivity index (χ1n) is 5.58. The summed E-state index contributed by atoms with van der Waals surface area (Å²) in [5, 5.41) is 11.0. The summed E-state index contributed by atoms with van der Waals surface area (Å²) in [6, 6.07) is 3.84. The average molecular weight is 241 g/mol. The second kappa shape index (κ2) is 5.46. The average Bonchev–Trinajstić information content (AvgIpc) is 2.78. The fraction of sp³-hybridized carbons (Fsp3) is 0.583. The third-order valence-electron chi connectivity index (χ3n) is 3.26. The third kappa shape index (κ3) is 2.44. The maximum Gasteiger partial charge on any atom is 0.304 e. The first-order chi connectivity index (χ1) is 7.56. The standard InChI is InChI=1S/C12H19NO2S/c1-3-9(13)12(4-2,8-11(14)15)10-6-5-7-16-10/h5-7,9H,3-4,8,13H2,1-2H3,(H,14,15). The zero-order valence-corrected chi connectivity index (χ0v) is 10.6. The SMILES string of the molecule is CCC(N)C(CC)(CC(=O)O)c1cccs1. The summed E-state index contributed by atoms with van der Waals surface area (Å²) in [4.78, 5) is 12.1. The Morgan fingerprint density at radius 2 is 2.31 bits per heavy atom. The number of thiophene rings is 1. The molecule has 0 spiro atoms. The van der Waals surface area contributed by atoms with Gasteiger partial charge in [-0.15, -0.1) is 11.3 Å². The van der Waals surface area contributed by atoms with Crippen molar-refractivity contribution in [3.63, 3.8) is 0 Å². The maximum atomic E-state index is 11.0. The Bertz CT molecular complexity index is 337. The minimum absolute atomic E-state index is 0.104. The molecule has 1 heterocycles. The predicted octanol–water partition coefficient (Wildman–Crippen LogP) is 2.61. The highest BCUT2D eigenvalue weighted by molar-refractivity contribution is 7.10. The van der Waals surface area contributed by atoms with Crippen LogP contribution in [0.4, 0.5) is 0 Å². The van der Waals surface area contributed by atoms with E-state index in [4.69, 9.17) is 10.8 Å². The van der Waals surface area contributed by atoms with Gasteiger partial charge in [-0.2, -0.15) is 0 Å². The molecular formula is C12H19NO2S. The monoisotopic (exact) mass is 241 g/mol. The van der Waals surface area contributed by atoms with Gasteiger partial charge in [-0.1, -0.05) is 19.9 Å². The topological polar surface area (TPSA) is 63.3 Å². The van der Waals surface area contributed by atoms with Crippen molar-refractivity contribution in [2.75, 3.05) is 0 Å². The van der Waals surface area contributed by atoms with E-state index < -0.39 is 11.4 Å². The number of nitrogens with two attached hydrogens (primary N) is 1. The van der Waals surface area contributed by atoms with Gasteiger partial charge < -0.3 is 10.8 Å². The van der Waals surface area contributed by atoms with E-state index in [2.05, 4.69) is 0 Å². The Balaban J connectivity index is 3.12. The van der Waals surface area contributed by atoms with Gasteiger partial charge in [-0.05, 0) is 24.3 Å². The fourth-order valence-corrected chi connectivity index (χ4v) is 3.25. The second-order valence-electron chi connectivity index (χ2n) is 4.07. The van der Waals surface area contributed by atoms with E-state index in [-0.39, 0.29) is 12.5 Å². The van der Waals surface area contributed by atoms with Crippen molar-refractivity contribution in [1.82, 2.24) is 0 Å². The van der Waals surface area contributed by atoms with Crippen molar-refractivity contribution in [3.8, 4) is 0 Å². The van der Waals surface area contributed by atoms with E-state index >= 15 is 0 Å². The molecule has 4 heteroatoms. The van der Waals surface area contributed by atoms with Gasteiger partial charge in [0, 0.05) is 16.3 Å². The Hall–Kier alpha value is -0.870. The Morgan fingerprint density at radius 1 is 1.62 bits per heavy atom. The predicted molar refractivity (Wildman–Crippen MR) is 66.8 cm³/mol. The summed E-state index contributed by atoms with van der Waals surface area (Å²) in [6.45, 7) is 4.02. The van der Waals surface area contributed by atoms with E-state index in [1.165, 1.54) is 0 Å². The number of carbonyl (C=O) groups is 1. The number of carboxylic acids is 1. The van der Waals surface area contributed by atoms with Gasteiger partial charge in [-0.25, -0.2) is 0 Å². The molecule has 2 atom stereocenters. The Kier molecular flexibility index (Phi) is 4.50. The second-order valence-corrected chi connectivity index (χ2v) is 5.02. The zero-order chi connectivity index (χ0) is 12.2. The lowest BCUT2D eigenvalue weighted by atomic mass is 9.73. The maximum absolute atomic E-state index is 11.0. The zero-order valence-electron chi connectivity index (χ0n) is 9.77. The molecule has 1 aromatic heterocycles.